The van der Waals surface area contributed by atoms with Crippen molar-refractivity contribution in [3.8, 4) is 0 Å². The Morgan fingerprint density at radius 2 is 2.22 bits per heavy atom. The number of amides is 3. The lowest BCUT2D eigenvalue weighted by atomic mass is 10.1. The fraction of sp³-hybridized carbons (Fsp3) is 0.312. The highest BCUT2D eigenvalue weighted by Crippen LogP contribution is 2.22. The van der Waals surface area contributed by atoms with Gasteiger partial charge < -0.3 is 14.5 Å². The van der Waals surface area contributed by atoms with E-state index in [1.165, 1.54) is 6.26 Å². The minimum absolute atomic E-state index is 0.00946. The van der Waals surface area contributed by atoms with Crippen LogP contribution in [-0.4, -0.2) is 42.5 Å². The zero-order valence-electron chi connectivity index (χ0n) is 12.6. The van der Waals surface area contributed by atoms with E-state index in [2.05, 4.69) is 5.32 Å². The van der Waals surface area contributed by atoms with Gasteiger partial charge in [-0.05, 0) is 18.6 Å². The third-order valence-corrected chi connectivity index (χ3v) is 3.66. The SMILES string of the molecule is Cc1ccc2c(CC(=O)OCC(=O)N3CCNC3=O)coc2c1. The first kappa shape index (κ1) is 15.1. The second kappa shape index (κ2) is 6.12. The quantitative estimate of drug-likeness (QED) is 0.861. The van der Waals surface area contributed by atoms with Crippen molar-refractivity contribution in [2.45, 2.75) is 13.3 Å². The van der Waals surface area contributed by atoms with Gasteiger partial charge in [-0.1, -0.05) is 12.1 Å². The molecule has 120 valence electrons. The predicted octanol–water partition coefficient (Wildman–Crippen LogP) is 1.38. The van der Waals surface area contributed by atoms with Gasteiger partial charge in [-0.25, -0.2) is 4.79 Å². The molecule has 0 aliphatic carbocycles. The van der Waals surface area contributed by atoms with Crippen molar-refractivity contribution in [3.05, 3.63) is 35.6 Å². The minimum atomic E-state index is -0.541. The van der Waals surface area contributed by atoms with Crippen molar-refractivity contribution in [1.82, 2.24) is 10.2 Å². The normalized spacial score (nSPS) is 14.1. The molecule has 0 unspecified atom stereocenters. The monoisotopic (exact) mass is 316 g/mol. The van der Waals surface area contributed by atoms with Crippen LogP contribution in [0, 0.1) is 6.92 Å². The van der Waals surface area contributed by atoms with E-state index in [1.807, 2.05) is 25.1 Å². The van der Waals surface area contributed by atoms with Crippen molar-refractivity contribution >= 4 is 28.9 Å². The first-order chi connectivity index (χ1) is 11.0. The van der Waals surface area contributed by atoms with Gasteiger partial charge in [0.15, 0.2) is 6.61 Å². The smallest absolute Gasteiger partial charge is 0.324 e. The van der Waals surface area contributed by atoms with Crippen LogP contribution < -0.4 is 5.32 Å². The maximum atomic E-state index is 11.9. The average molecular weight is 316 g/mol. The highest BCUT2D eigenvalue weighted by molar-refractivity contribution is 5.97. The third kappa shape index (κ3) is 3.18. The second-order valence-corrected chi connectivity index (χ2v) is 5.38. The Kier molecular flexibility index (Phi) is 4.01. The molecule has 1 fully saturated rings. The zero-order valence-corrected chi connectivity index (χ0v) is 12.6. The predicted molar refractivity (Wildman–Crippen MR) is 80.7 cm³/mol. The molecule has 3 rings (SSSR count). The number of esters is 1. The first-order valence-corrected chi connectivity index (χ1v) is 7.25. The van der Waals surface area contributed by atoms with Gasteiger partial charge in [0, 0.05) is 24.0 Å². The summed E-state index contributed by atoms with van der Waals surface area (Å²) in [6, 6.07) is 5.25. The number of imide groups is 1. The summed E-state index contributed by atoms with van der Waals surface area (Å²) in [4.78, 5) is 36.0. The molecule has 1 aliphatic rings. The lowest BCUT2D eigenvalue weighted by Gasteiger charge is -2.11. The molecule has 1 aromatic carbocycles. The van der Waals surface area contributed by atoms with Gasteiger partial charge in [0.1, 0.15) is 5.58 Å². The van der Waals surface area contributed by atoms with Crippen LogP contribution in [-0.2, 0) is 20.7 Å². The molecule has 0 atom stereocenters. The third-order valence-electron chi connectivity index (χ3n) is 3.66. The Hall–Kier alpha value is -2.83. The van der Waals surface area contributed by atoms with Gasteiger partial charge in [-0.15, -0.1) is 0 Å². The molecule has 2 heterocycles. The second-order valence-electron chi connectivity index (χ2n) is 5.38. The fourth-order valence-corrected chi connectivity index (χ4v) is 2.46. The molecule has 7 heteroatoms. The van der Waals surface area contributed by atoms with Crippen molar-refractivity contribution in [1.29, 1.82) is 0 Å². The number of carbonyl (C=O) groups is 3. The van der Waals surface area contributed by atoms with Crippen LogP contribution >= 0.6 is 0 Å². The Morgan fingerprint density at radius 3 is 2.96 bits per heavy atom. The number of hydrogen-bond donors (Lipinski definition) is 1. The number of ether oxygens (including phenoxy) is 1. The number of carbonyl (C=O) groups excluding carboxylic acids is 3. The molecule has 2 aromatic rings. The van der Waals surface area contributed by atoms with E-state index in [0.717, 1.165) is 15.8 Å². The van der Waals surface area contributed by atoms with Gasteiger partial charge >= 0.3 is 12.0 Å². The lowest BCUT2D eigenvalue weighted by Crippen LogP contribution is -2.37. The van der Waals surface area contributed by atoms with E-state index in [1.54, 1.807) is 0 Å². The maximum absolute atomic E-state index is 11.9. The summed E-state index contributed by atoms with van der Waals surface area (Å²) in [6.07, 6.45) is 1.52. The van der Waals surface area contributed by atoms with E-state index >= 15 is 0 Å². The lowest BCUT2D eigenvalue weighted by molar-refractivity contribution is -0.150. The molecular formula is C16H16N2O5. The van der Waals surface area contributed by atoms with Crippen molar-refractivity contribution in [2.24, 2.45) is 0 Å². The summed E-state index contributed by atoms with van der Waals surface area (Å²) in [5.41, 5.74) is 2.48. The fourth-order valence-electron chi connectivity index (χ4n) is 2.46. The summed E-state index contributed by atoms with van der Waals surface area (Å²) < 4.78 is 10.4. The molecule has 1 aliphatic heterocycles. The number of rotatable bonds is 4. The Morgan fingerprint density at radius 1 is 1.39 bits per heavy atom. The summed E-state index contributed by atoms with van der Waals surface area (Å²) in [6.45, 7) is 2.22. The molecule has 1 aromatic heterocycles. The molecule has 0 saturated carbocycles. The molecule has 7 nitrogen and oxygen atoms in total. The number of hydrogen-bond acceptors (Lipinski definition) is 5. The first-order valence-electron chi connectivity index (χ1n) is 7.25. The van der Waals surface area contributed by atoms with Crippen molar-refractivity contribution in [2.75, 3.05) is 19.7 Å². The van der Waals surface area contributed by atoms with Crippen LogP contribution in [0.4, 0.5) is 4.79 Å². The maximum Gasteiger partial charge on any atom is 0.324 e. The Labute approximate surface area is 132 Å². The van der Waals surface area contributed by atoms with Crippen LogP contribution in [0.1, 0.15) is 11.1 Å². The number of urea groups is 1. The number of furan rings is 1. The van der Waals surface area contributed by atoms with Gasteiger partial charge in [-0.3, -0.25) is 14.5 Å². The van der Waals surface area contributed by atoms with Crippen LogP contribution in [0.15, 0.2) is 28.9 Å². The van der Waals surface area contributed by atoms with Crippen molar-refractivity contribution in [3.63, 3.8) is 0 Å². The van der Waals surface area contributed by atoms with Crippen molar-refractivity contribution < 1.29 is 23.5 Å². The number of nitrogens with one attached hydrogen (secondary N) is 1. The molecule has 1 saturated heterocycles. The summed E-state index contributed by atoms with van der Waals surface area (Å²) >= 11 is 0. The number of nitrogens with zero attached hydrogens (tertiary/aromatic N) is 1. The van der Waals surface area contributed by atoms with Crippen LogP contribution in [0.3, 0.4) is 0 Å². The molecule has 0 radical (unpaired) electrons. The topological polar surface area (TPSA) is 88.9 Å². The van der Waals surface area contributed by atoms with E-state index in [-0.39, 0.29) is 6.42 Å². The van der Waals surface area contributed by atoms with Gasteiger partial charge in [0.25, 0.3) is 5.91 Å². The Bertz CT molecular complexity index is 780. The van der Waals surface area contributed by atoms with Crippen LogP contribution in [0.5, 0.6) is 0 Å². The average Bonchev–Trinajstić information content (AvgIpc) is 3.11. The van der Waals surface area contributed by atoms with E-state index < -0.39 is 24.5 Å². The molecule has 3 amide bonds. The summed E-state index contributed by atoms with van der Waals surface area (Å²) in [7, 11) is 0. The Balaban J connectivity index is 1.58. The molecule has 0 spiro atoms. The van der Waals surface area contributed by atoms with Crippen LogP contribution in [0.2, 0.25) is 0 Å². The van der Waals surface area contributed by atoms with Crippen LogP contribution in [0.25, 0.3) is 11.0 Å². The van der Waals surface area contributed by atoms with E-state index in [0.29, 0.717) is 24.2 Å². The molecular weight excluding hydrogens is 300 g/mol. The number of fused-ring (bicyclic) bond motifs is 1. The standard InChI is InChI=1S/C16H16N2O5/c1-10-2-3-12-11(8-22-13(12)6-10)7-15(20)23-9-14(19)18-5-4-17-16(18)21/h2-3,6,8H,4-5,7,9H2,1H3,(H,17,21). The number of aryl methyl sites for hydroxylation is 1. The van der Waals surface area contributed by atoms with Gasteiger partial charge in [0.2, 0.25) is 0 Å². The highest BCUT2D eigenvalue weighted by Gasteiger charge is 2.26. The summed E-state index contributed by atoms with van der Waals surface area (Å²) in [5.74, 6) is -1.07. The zero-order chi connectivity index (χ0) is 16.4. The van der Waals surface area contributed by atoms with Gasteiger partial charge in [0.05, 0.1) is 12.7 Å². The largest absolute Gasteiger partial charge is 0.464 e. The molecule has 23 heavy (non-hydrogen) atoms. The molecule has 1 N–H and O–H groups in total. The van der Waals surface area contributed by atoms with E-state index in [9.17, 15) is 14.4 Å². The highest BCUT2D eigenvalue weighted by atomic mass is 16.5. The molecule has 0 bridgehead atoms. The van der Waals surface area contributed by atoms with E-state index in [4.69, 9.17) is 9.15 Å². The summed E-state index contributed by atoms with van der Waals surface area (Å²) in [5, 5.41) is 3.36. The van der Waals surface area contributed by atoms with Gasteiger partial charge in [-0.2, -0.15) is 0 Å². The minimum Gasteiger partial charge on any atom is -0.464 e. The number of benzene rings is 1.